The summed E-state index contributed by atoms with van der Waals surface area (Å²) < 4.78 is 11.2. The zero-order chi connectivity index (χ0) is 18.3. The second-order valence-corrected chi connectivity index (χ2v) is 7.69. The van der Waals surface area contributed by atoms with Gasteiger partial charge in [-0.25, -0.2) is 4.79 Å². The normalized spacial score (nSPS) is 24.8. The summed E-state index contributed by atoms with van der Waals surface area (Å²) in [6.07, 6.45) is 2.87. The van der Waals surface area contributed by atoms with E-state index in [9.17, 15) is 9.90 Å². The lowest BCUT2D eigenvalue weighted by Gasteiger charge is -2.36. The molecule has 0 amide bonds. The van der Waals surface area contributed by atoms with Gasteiger partial charge >= 0.3 is 5.97 Å². The van der Waals surface area contributed by atoms with Gasteiger partial charge in [0, 0.05) is 18.2 Å². The number of aliphatic hydroxyl groups is 1. The van der Waals surface area contributed by atoms with Crippen LogP contribution in [0.1, 0.15) is 60.8 Å². The standard InChI is InChI=1S/C19H35NO4/c1-7-14(8-2)24-16-11-13(18(22)23-9-3)10-15(17(16)21)20-12-19(4,5)6/h11,14-17,20-21H,7-10,12H2,1-6H3. The Kier molecular flexibility index (Phi) is 8.40. The van der Waals surface area contributed by atoms with E-state index in [0.29, 0.717) is 18.6 Å². The topological polar surface area (TPSA) is 67.8 Å². The van der Waals surface area contributed by atoms with E-state index in [1.807, 2.05) is 0 Å². The highest BCUT2D eigenvalue weighted by Gasteiger charge is 2.36. The molecule has 3 unspecified atom stereocenters. The Morgan fingerprint density at radius 3 is 2.46 bits per heavy atom. The van der Waals surface area contributed by atoms with E-state index in [4.69, 9.17) is 9.47 Å². The van der Waals surface area contributed by atoms with E-state index in [2.05, 4.69) is 39.9 Å². The van der Waals surface area contributed by atoms with Gasteiger partial charge in [-0.2, -0.15) is 0 Å². The van der Waals surface area contributed by atoms with E-state index in [0.717, 1.165) is 19.4 Å². The largest absolute Gasteiger partial charge is 0.463 e. The van der Waals surface area contributed by atoms with Gasteiger partial charge in [-0.1, -0.05) is 34.6 Å². The molecule has 2 N–H and O–H groups in total. The Bertz CT molecular complexity index is 424. The summed E-state index contributed by atoms with van der Waals surface area (Å²) in [4.78, 5) is 12.2. The number of ether oxygens (including phenoxy) is 2. The SMILES string of the molecule is CCOC(=O)C1=CC(OC(CC)CC)C(O)C(NCC(C)(C)C)C1. The Balaban J connectivity index is 2.92. The number of hydrogen-bond acceptors (Lipinski definition) is 5. The predicted molar refractivity (Wildman–Crippen MR) is 95.8 cm³/mol. The van der Waals surface area contributed by atoms with E-state index in [1.54, 1.807) is 13.0 Å². The van der Waals surface area contributed by atoms with Crippen molar-refractivity contribution in [2.24, 2.45) is 5.41 Å². The maximum Gasteiger partial charge on any atom is 0.333 e. The minimum Gasteiger partial charge on any atom is -0.463 e. The minimum absolute atomic E-state index is 0.0747. The summed E-state index contributed by atoms with van der Waals surface area (Å²) in [5, 5.41) is 14.1. The van der Waals surface area contributed by atoms with Crippen LogP contribution in [0, 0.1) is 5.41 Å². The van der Waals surface area contributed by atoms with Crippen molar-refractivity contribution in [3.8, 4) is 0 Å². The first-order valence-corrected chi connectivity index (χ1v) is 9.16. The average molecular weight is 341 g/mol. The van der Waals surface area contributed by atoms with Crippen LogP contribution in [0.4, 0.5) is 0 Å². The van der Waals surface area contributed by atoms with Crippen LogP contribution in [0.5, 0.6) is 0 Å². The number of hydrogen-bond donors (Lipinski definition) is 2. The maximum absolute atomic E-state index is 12.2. The van der Waals surface area contributed by atoms with Gasteiger partial charge in [-0.3, -0.25) is 0 Å². The molecule has 0 saturated carbocycles. The third-order valence-electron chi connectivity index (χ3n) is 4.25. The predicted octanol–water partition coefficient (Wildman–Crippen LogP) is 2.82. The molecule has 5 nitrogen and oxygen atoms in total. The maximum atomic E-state index is 12.2. The molecule has 0 fully saturated rings. The van der Waals surface area contributed by atoms with E-state index < -0.39 is 12.2 Å². The van der Waals surface area contributed by atoms with Gasteiger partial charge in [0.2, 0.25) is 0 Å². The van der Waals surface area contributed by atoms with Crippen LogP contribution >= 0.6 is 0 Å². The van der Waals surface area contributed by atoms with Crippen LogP contribution in [0.3, 0.4) is 0 Å². The number of aliphatic hydroxyl groups excluding tert-OH is 1. The summed E-state index contributed by atoms with van der Waals surface area (Å²) in [6, 6.07) is -0.215. The third kappa shape index (κ3) is 6.54. The van der Waals surface area contributed by atoms with E-state index in [-0.39, 0.29) is 23.5 Å². The van der Waals surface area contributed by atoms with Gasteiger partial charge in [-0.05, 0) is 37.7 Å². The molecule has 0 spiro atoms. The fourth-order valence-corrected chi connectivity index (χ4v) is 2.78. The van der Waals surface area contributed by atoms with Crippen molar-refractivity contribution in [2.45, 2.75) is 85.2 Å². The number of carbonyl (C=O) groups is 1. The summed E-state index contributed by atoms with van der Waals surface area (Å²) in [5.41, 5.74) is 0.681. The molecule has 140 valence electrons. The van der Waals surface area contributed by atoms with Gasteiger partial charge in [0.15, 0.2) is 0 Å². The van der Waals surface area contributed by atoms with Gasteiger partial charge in [0.05, 0.1) is 18.8 Å². The molecule has 0 aromatic heterocycles. The number of carbonyl (C=O) groups excluding carboxylic acids is 1. The van der Waals surface area contributed by atoms with Gasteiger partial charge in [0.25, 0.3) is 0 Å². The molecule has 0 bridgehead atoms. The molecular formula is C19H35NO4. The molecule has 0 aromatic carbocycles. The minimum atomic E-state index is -0.675. The lowest BCUT2D eigenvalue weighted by Crippen LogP contribution is -2.52. The Labute approximate surface area is 146 Å². The average Bonchev–Trinajstić information content (AvgIpc) is 2.52. The van der Waals surface area contributed by atoms with E-state index >= 15 is 0 Å². The number of rotatable bonds is 8. The summed E-state index contributed by atoms with van der Waals surface area (Å²) >= 11 is 0. The fourth-order valence-electron chi connectivity index (χ4n) is 2.78. The molecule has 0 aliphatic heterocycles. The first-order chi connectivity index (χ1) is 11.2. The van der Waals surface area contributed by atoms with Crippen LogP contribution in [0.2, 0.25) is 0 Å². The number of nitrogens with one attached hydrogen (secondary N) is 1. The molecular weight excluding hydrogens is 306 g/mol. The highest BCUT2D eigenvalue weighted by atomic mass is 16.5. The molecule has 1 aliphatic rings. The van der Waals surface area contributed by atoms with Crippen molar-refractivity contribution in [1.82, 2.24) is 5.32 Å². The molecule has 24 heavy (non-hydrogen) atoms. The lowest BCUT2D eigenvalue weighted by molar-refractivity contribution is -0.139. The van der Waals surface area contributed by atoms with Crippen molar-refractivity contribution in [1.29, 1.82) is 0 Å². The van der Waals surface area contributed by atoms with Gasteiger partial charge in [0.1, 0.15) is 6.10 Å². The fraction of sp³-hybridized carbons (Fsp3) is 0.842. The van der Waals surface area contributed by atoms with Crippen LogP contribution in [0.25, 0.3) is 0 Å². The van der Waals surface area contributed by atoms with Crippen LogP contribution < -0.4 is 5.32 Å². The van der Waals surface area contributed by atoms with Crippen LogP contribution in [-0.2, 0) is 14.3 Å². The van der Waals surface area contributed by atoms with Crippen LogP contribution in [-0.4, -0.2) is 48.6 Å². The first kappa shape index (κ1) is 21.1. The smallest absolute Gasteiger partial charge is 0.333 e. The van der Waals surface area contributed by atoms with E-state index in [1.165, 1.54) is 0 Å². The zero-order valence-corrected chi connectivity index (χ0v) is 16.1. The van der Waals surface area contributed by atoms with Gasteiger partial charge < -0.3 is 19.9 Å². The van der Waals surface area contributed by atoms with Crippen molar-refractivity contribution in [3.63, 3.8) is 0 Å². The third-order valence-corrected chi connectivity index (χ3v) is 4.25. The molecule has 0 radical (unpaired) electrons. The zero-order valence-electron chi connectivity index (χ0n) is 16.1. The van der Waals surface area contributed by atoms with Gasteiger partial charge in [-0.15, -0.1) is 0 Å². The summed E-state index contributed by atoms with van der Waals surface area (Å²) in [5.74, 6) is -0.315. The van der Waals surface area contributed by atoms with Crippen molar-refractivity contribution in [3.05, 3.63) is 11.6 Å². The molecule has 1 aliphatic carbocycles. The molecule has 1 rings (SSSR count). The molecule has 5 heteroatoms. The first-order valence-electron chi connectivity index (χ1n) is 9.16. The quantitative estimate of drug-likeness (QED) is 0.665. The molecule has 3 atom stereocenters. The highest BCUT2D eigenvalue weighted by Crippen LogP contribution is 2.25. The second kappa shape index (κ2) is 9.54. The summed E-state index contributed by atoms with van der Waals surface area (Å²) in [6.45, 7) is 13.4. The Morgan fingerprint density at radius 2 is 1.96 bits per heavy atom. The molecule has 0 saturated heterocycles. The van der Waals surface area contributed by atoms with Crippen molar-refractivity contribution in [2.75, 3.05) is 13.2 Å². The number of esters is 1. The monoisotopic (exact) mass is 341 g/mol. The highest BCUT2D eigenvalue weighted by molar-refractivity contribution is 5.89. The van der Waals surface area contributed by atoms with Crippen molar-refractivity contribution >= 4 is 5.97 Å². The lowest BCUT2D eigenvalue weighted by atomic mass is 9.88. The Morgan fingerprint density at radius 1 is 1.33 bits per heavy atom. The van der Waals surface area contributed by atoms with Crippen LogP contribution in [0.15, 0.2) is 11.6 Å². The molecule has 0 aromatic rings. The molecule has 0 heterocycles. The second-order valence-electron chi connectivity index (χ2n) is 7.69. The summed E-state index contributed by atoms with van der Waals surface area (Å²) in [7, 11) is 0. The van der Waals surface area contributed by atoms with Crippen molar-refractivity contribution < 1.29 is 19.4 Å². The Hall–Kier alpha value is -0.910.